The number of carbonyl (C=O) groups is 1. The molecule has 1 rings (SSSR count). The number of hydrogen-bond acceptors (Lipinski definition) is 2. The minimum Gasteiger partial charge on any atom is -0.370 e. The van der Waals surface area contributed by atoms with Gasteiger partial charge in [0.25, 0.3) is 0 Å². The molecule has 0 aliphatic carbocycles. The average Bonchev–Trinajstić information content (AvgIpc) is 2.40. The number of hydrogen-bond donors (Lipinski definition) is 3. The number of benzene rings is 1. The molecule has 1 aromatic rings. The third-order valence-electron chi connectivity index (χ3n) is 2.76. The van der Waals surface area contributed by atoms with Crippen molar-refractivity contribution in [2.75, 3.05) is 18.4 Å². The first-order chi connectivity index (χ1) is 9.49. The Morgan fingerprint density at radius 1 is 1.29 bits per heavy atom. The molecule has 0 aliphatic heterocycles. The van der Waals surface area contributed by atoms with E-state index in [4.69, 9.17) is 5.73 Å². The van der Waals surface area contributed by atoms with Gasteiger partial charge in [-0.1, -0.05) is 31.5 Å². The quantitative estimate of drug-likeness (QED) is 0.295. The van der Waals surface area contributed by atoms with Gasteiger partial charge in [-0.15, -0.1) is 24.0 Å². The number of aryl methyl sites for hydroxylation is 1. The van der Waals surface area contributed by atoms with E-state index in [2.05, 4.69) is 15.6 Å². The predicted octanol–water partition coefficient (Wildman–Crippen LogP) is 2.50. The number of halogens is 1. The van der Waals surface area contributed by atoms with E-state index in [0.717, 1.165) is 12.1 Å². The van der Waals surface area contributed by atoms with Gasteiger partial charge in [-0.25, -0.2) is 0 Å². The second-order valence-electron chi connectivity index (χ2n) is 5.06. The van der Waals surface area contributed by atoms with E-state index in [1.54, 1.807) is 0 Å². The van der Waals surface area contributed by atoms with Gasteiger partial charge >= 0.3 is 0 Å². The summed E-state index contributed by atoms with van der Waals surface area (Å²) in [6, 6.07) is 7.94. The molecule has 0 unspecified atom stereocenters. The van der Waals surface area contributed by atoms with E-state index in [1.165, 1.54) is 5.56 Å². The molecule has 0 saturated carbocycles. The first-order valence-corrected chi connectivity index (χ1v) is 6.90. The highest BCUT2D eigenvalue weighted by Crippen LogP contribution is 2.07. The number of amides is 1. The van der Waals surface area contributed by atoms with Crippen LogP contribution in [-0.4, -0.2) is 25.0 Å². The molecule has 0 bridgehead atoms. The SMILES string of the molecule is Cc1ccc(NC(N)=NCCCNC(=O)C(C)C)cc1.I. The second-order valence-corrected chi connectivity index (χ2v) is 5.06. The summed E-state index contributed by atoms with van der Waals surface area (Å²) in [7, 11) is 0. The highest BCUT2D eigenvalue weighted by Gasteiger charge is 2.04. The van der Waals surface area contributed by atoms with Crippen molar-refractivity contribution in [3.63, 3.8) is 0 Å². The molecular formula is C15H25IN4O. The lowest BCUT2D eigenvalue weighted by molar-refractivity contribution is -0.123. The summed E-state index contributed by atoms with van der Waals surface area (Å²) in [6.45, 7) is 6.99. The Balaban J connectivity index is 0.00000400. The van der Waals surface area contributed by atoms with Crippen molar-refractivity contribution in [1.29, 1.82) is 0 Å². The summed E-state index contributed by atoms with van der Waals surface area (Å²) in [5.41, 5.74) is 7.91. The van der Waals surface area contributed by atoms with Crippen molar-refractivity contribution in [3.05, 3.63) is 29.8 Å². The van der Waals surface area contributed by atoms with Crippen LogP contribution in [0.3, 0.4) is 0 Å². The molecule has 0 heterocycles. The van der Waals surface area contributed by atoms with Gasteiger partial charge in [0.15, 0.2) is 5.96 Å². The Kier molecular flexibility index (Phi) is 9.77. The Hall–Kier alpha value is -1.31. The topological polar surface area (TPSA) is 79.5 Å². The van der Waals surface area contributed by atoms with Crippen LogP contribution in [0, 0.1) is 12.8 Å². The summed E-state index contributed by atoms with van der Waals surface area (Å²) in [5, 5.41) is 5.87. The largest absolute Gasteiger partial charge is 0.370 e. The van der Waals surface area contributed by atoms with E-state index in [9.17, 15) is 4.79 Å². The molecule has 0 radical (unpaired) electrons. The highest BCUT2D eigenvalue weighted by atomic mass is 127. The van der Waals surface area contributed by atoms with Crippen molar-refractivity contribution >= 4 is 41.5 Å². The number of guanidine groups is 1. The zero-order chi connectivity index (χ0) is 15.0. The standard InChI is InChI=1S/C15H24N4O.HI/c1-11(2)14(20)17-9-4-10-18-15(16)19-13-7-5-12(3)6-8-13;/h5-8,11H,4,9-10H2,1-3H3,(H,17,20)(H3,16,18,19);1H. The molecule has 0 fully saturated rings. The van der Waals surface area contributed by atoms with Crippen LogP contribution < -0.4 is 16.4 Å². The molecule has 4 N–H and O–H groups in total. The maximum atomic E-state index is 11.3. The molecule has 0 saturated heterocycles. The molecule has 118 valence electrons. The summed E-state index contributed by atoms with van der Waals surface area (Å²) >= 11 is 0. The molecular weight excluding hydrogens is 379 g/mol. The van der Waals surface area contributed by atoms with Crippen LogP contribution in [0.25, 0.3) is 0 Å². The lowest BCUT2D eigenvalue weighted by atomic mass is 10.2. The van der Waals surface area contributed by atoms with Gasteiger partial charge in [-0.2, -0.15) is 0 Å². The van der Waals surface area contributed by atoms with E-state index in [0.29, 0.717) is 19.0 Å². The summed E-state index contributed by atoms with van der Waals surface area (Å²) < 4.78 is 0. The lowest BCUT2D eigenvalue weighted by Crippen LogP contribution is -2.29. The fraction of sp³-hybridized carbons (Fsp3) is 0.467. The van der Waals surface area contributed by atoms with Gasteiger partial charge in [0.05, 0.1) is 0 Å². The van der Waals surface area contributed by atoms with Gasteiger partial charge in [0.2, 0.25) is 5.91 Å². The minimum atomic E-state index is 0. The van der Waals surface area contributed by atoms with Crippen LogP contribution >= 0.6 is 24.0 Å². The summed E-state index contributed by atoms with van der Waals surface area (Å²) in [6.07, 6.45) is 0.773. The highest BCUT2D eigenvalue weighted by molar-refractivity contribution is 14.0. The zero-order valence-corrected chi connectivity index (χ0v) is 15.2. The molecule has 0 aromatic heterocycles. The number of nitrogens with zero attached hydrogens (tertiary/aromatic N) is 1. The van der Waals surface area contributed by atoms with E-state index in [-0.39, 0.29) is 35.8 Å². The Labute approximate surface area is 143 Å². The number of carbonyl (C=O) groups excluding carboxylic acids is 1. The van der Waals surface area contributed by atoms with Crippen LogP contribution in [0.4, 0.5) is 5.69 Å². The summed E-state index contributed by atoms with van der Waals surface area (Å²) in [5.74, 6) is 0.482. The fourth-order valence-electron chi connectivity index (χ4n) is 1.52. The number of anilines is 1. The second kappa shape index (κ2) is 10.4. The van der Waals surface area contributed by atoms with Crippen LogP contribution in [0.15, 0.2) is 29.3 Å². The van der Waals surface area contributed by atoms with Gasteiger partial charge in [0, 0.05) is 24.7 Å². The van der Waals surface area contributed by atoms with Crippen molar-refractivity contribution in [3.8, 4) is 0 Å². The number of nitrogens with two attached hydrogens (primary N) is 1. The molecule has 21 heavy (non-hydrogen) atoms. The molecule has 1 aromatic carbocycles. The fourth-order valence-corrected chi connectivity index (χ4v) is 1.52. The van der Waals surface area contributed by atoms with E-state index in [1.807, 2.05) is 45.0 Å². The van der Waals surface area contributed by atoms with E-state index >= 15 is 0 Å². The smallest absolute Gasteiger partial charge is 0.222 e. The first-order valence-electron chi connectivity index (χ1n) is 6.90. The average molecular weight is 404 g/mol. The maximum absolute atomic E-state index is 11.3. The maximum Gasteiger partial charge on any atom is 0.222 e. The van der Waals surface area contributed by atoms with Crippen molar-refractivity contribution in [2.45, 2.75) is 27.2 Å². The van der Waals surface area contributed by atoms with Crippen molar-refractivity contribution in [2.24, 2.45) is 16.6 Å². The third kappa shape index (κ3) is 8.54. The zero-order valence-electron chi connectivity index (χ0n) is 12.8. The van der Waals surface area contributed by atoms with Crippen molar-refractivity contribution in [1.82, 2.24) is 5.32 Å². The number of rotatable bonds is 6. The molecule has 0 spiro atoms. The van der Waals surface area contributed by atoms with Crippen LogP contribution in [-0.2, 0) is 4.79 Å². The minimum absolute atomic E-state index is 0. The van der Waals surface area contributed by atoms with Gasteiger partial charge < -0.3 is 16.4 Å². The third-order valence-corrected chi connectivity index (χ3v) is 2.76. The van der Waals surface area contributed by atoms with Gasteiger partial charge in [0.1, 0.15) is 0 Å². The predicted molar refractivity (Wildman–Crippen MR) is 99.2 cm³/mol. The number of aliphatic imine (C=N–C) groups is 1. The Morgan fingerprint density at radius 2 is 1.90 bits per heavy atom. The number of nitrogens with one attached hydrogen (secondary N) is 2. The van der Waals surface area contributed by atoms with Gasteiger partial charge in [-0.05, 0) is 25.5 Å². The Morgan fingerprint density at radius 3 is 2.48 bits per heavy atom. The summed E-state index contributed by atoms with van der Waals surface area (Å²) in [4.78, 5) is 15.5. The molecule has 5 nitrogen and oxygen atoms in total. The molecule has 0 atom stereocenters. The monoisotopic (exact) mass is 404 g/mol. The molecule has 0 aliphatic rings. The molecule has 6 heteroatoms. The normalized spacial score (nSPS) is 11.0. The molecule has 1 amide bonds. The van der Waals surface area contributed by atoms with Crippen molar-refractivity contribution < 1.29 is 4.79 Å². The first kappa shape index (κ1) is 19.7. The van der Waals surface area contributed by atoms with Crippen LogP contribution in [0.1, 0.15) is 25.8 Å². The lowest BCUT2D eigenvalue weighted by Gasteiger charge is -2.07. The van der Waals surface area contributed by atoms with E-state index < -0.39 is 0 Å². The van der Waals surface area contributed by atoms with Crippen LogP contribution in [0.5, 0.6) is 0 Å². The van der Waals surface area contributed by atoms with Gasteiger partial charge in [-0.3, -0.25) is 9.79 Å². The van der Waals surface area contributed by atoms with Crippen LogP contribution in [0.2, 0.25) is 0 Å². The Bertz CT molecular complexity index is 457.